The van der Waals surface area contributed by atoms with Gasteiger partial charge in [0.15, 0.2) is 0 Å². The molecule has 10 aromatic rings. The minimum atomic E-state index is 0.151. The van der Waals surface area contributed by atoms with Crippen molar-refractivity contribution in [3.05, 3.63) is 257 Å². The maximum atomic E-state index is 3.78. The molecule has 9 aromatic carbocycles. The SMILES string of the molecule is CC.CCCc1ccccc1-c1cc(-c2cc(-c3ccc4c(c3)-c3ccccc3C4)c3[nH]c4ccccc4c3c2)ccc1C.CNC1C=CC(c2ccccc2)=CC1.Cc1ccc2c(c1)C(C)(C)c1ccccc1-2. The minimum Gasteiger partial charge on any atom is -0.354 e. The lowest BCUT2D eigenvalue weighted by Gasteiger charge is -2.21. The highest BCUT2D eigenvalue weighted by Crippen LogP contribution is 2.49. The van der Waals surface area contributed by atoms with Crippen molar-refractivity contribution in [2.75, 3.05) is 7.05 Å². The zero-order chi connectivity index (χ0) is 51.3. The van der Waals surface area contributed by atoms with E-state index in [9.17, 15) is 0 Å². The molecule has 13 rings (SSSR count). The van der Waals surface area contributed by atoms with Crippen molar-refractivity contribution in [1.29, 1.82) is 0 Å². The number of para-hydroxylation sites is 1. The molecular formula is C72H70N2. The number of allylic oxidation sites excluding steroid dienone is 2. The molecule has 1 unspecified atom stereocenters. The average molecular weight is 963 g/mol. The van der Waals surface area contributed by atoms with Crippen molar-refractivity contribution < 1.29 is 0 Å². The van der Waals surface area contributed by atoms with Gasteiger partial charge in [0.1, 0.15) is 0 Å². The molecule has 0 bridgehead atoms. The van der Waals surface area contributed by atoms with Crippen LogP contribution in [-0.2, 0) is 18.3 Å². The van der Waals surface area contributed by atoms with Crippen molar-refractivity contribution in [1.82, 2.24) is 10.3 Å². The van der Waals surface area contributed by atoms with Crippen LogP contribution in [0.4, 0.5) is 0 Å². The molecule has 0 radical (unpaired) electrons. The monoisotopic (exact) mass is 963 g/mol. The Kier molecular flexibility index (Phi) is 14.6. The Balaban J connectivity index is 0.000000159. The van der Waals surface area contributed by atoms with E-state index in [0.717, 1.165) is 25.7 Å². The lowest BCUT2D eigenvalue weighted by atomic mass is 9.82. The van der Waals surface area contributed by atoms with Crippen LogP contribution < -0.4 is 5.32 Å². The van der Waals surface area contributed by atoms with Gasteiger partial charge in [-0.3, -0.25) is 0 Å². The van der Waals surface area contributed by atoms with E-state index in [4.69, 9.17) is 0 Å². The van der Waals surface area contributed by atoms with Crippen LogP contribution in [0.5, 0.6) is 0 Å². The van der Waals surface area contributed by atoms with Crippen LogP contribution in [0, 0.1) is 13.8 Å². The summed E-state index contributed by atoms with van der Waals surface area (Å²) in [6, 6.07) is 71.8. The van der Waals surface area contributed by atoms with Gasteiger partial charge >= 0.3 is 0 Å². The largest absolute Gasteiger partial charge is 0.354 e. The first-order valence-corrected chi connectivity index (χ1v) is 27.0. The second-order valence-corrected chi connectivity index (χ2v) is 20.5. The number of aromatic nitrogens is 1. The van der Waals surface area contributed by atoms with Crippen molar-refractivity contribution in [2.45, 2.75) is 85.6 Å². The number of nitrogens with one attached hydrogen (secondary N) is 2. The third-order valence-corrected chi connectivity index (χ3v) is 15.4. The number of hydrogen-bond acceptors (Lipinski definition) is 1. The van der Waals surface area contributed by atoms with Crippen molar-refractivity contribution >= 4 is 27.4 Å². The van der Waals surface area contributed by atoms with E-state index in [2.05, 4.69) is 251 Å². The third kappa shape index (κ3) is 9.75. The Hall–Kier alpha value is -7.78. The molecule has 2 N–H and O–H groups in total. The van der Waals surface area contributed by atoms with Crippen LogP contribution in [-0.4, -0.2) is 18.1 Å². The summed E-state index contributed by atoms with van der Waals surface area (Å²) in [5.74, 6) is 0. The average Bonchev–Trinajstić information content (AvgIpc) is 4.11. The second-order valence-electron chi connectivity index (χ2n) is 20.5. The number of hydrogen-bond donors (Lipinski definition) is 2. The molecule has 1 aromatic heterocycles. The summed E-state index contributed by atoms with van der Waals surface area (Å²) in [5.41, 5.74) is 28.2. The summed E-state index contributed by atoms with van der Waals surface area (Å²) in [6.45, 7) is 15.3. The molecule has 3 aliphatic rings. The third-order valence-electron chi connectivity index (χ3n) is 15.4. The molecule has 2 nitrogen and oxygen atoms in total. The molecule has 0 amide bonds. The number of benzene rings is 9. The van der Waals surface area contributed by atoms with Gasteiger partial charge in [-0.2, -0.15) is 0 Å². The number of likely N-dealkylation sites (N-methyl/N-ethyl adjacent to an activating group) is 1. The summed E-state index contributed by atoms with van der Waals surface area (Å²) in [6.07, 6.45) is 11.0. The fraction of sp³-hybridized carbons (Fsp3) is 0.194. The normalized spacial score (nSPS) is 14.3. The van der Waals surface area contributed by atoms with Crippen LogP contribution >= 0.6 is 0 Å². The minimum absolute atomic E-state index is 0.151. The predicted molar refractivity (Wildman–Crippen MR) is 320 cm³/mol. The number of rotatable bonds is 7. The predicted octanol–water partition coefficient (Wildman–Crippen LogP) is 19.1. The van der Waals surface area contributed by atoms with Gasteiger partial charge in [0.05, 0.1) is 5.52 Å². The fourth-order valence-electron chi connectivity index (χ4n) is 11.5. The van der Waals surface area contributed by atoms with Gasteiger partial charge in [-0.1, -0.05) is 229 Å². The van der Waals surface area contributed by atoms with E-state index in [1.807, 2.05) is 27.0 Å². The zero-order valence-corrected chi connectivity index (χ0v) is 44.6. The first-order chi connectivity index (χ1) is 36.2. The van der Waals surface area contributed by atoms with E-state index in [0.29, 0.717) is 6.04 Å². The second kappa shape index (κ2) is 21.7. The molecule has 0 fully saturated rings. The molecule has 368 valence electrons. The molecule has 2 heteroatoms. The molecule has 1 heterocycles. The van der Waals surface area contributed by atoms with E-state index in [-0.39, 0.29) is 5.41 Å². The topological polar surface area (TPSA) is 27.8 Å². The zero-order valence-electron chi connectivity index (χ0n) is 44.6. The van der Waals surface area contributed by atoms with Gasteiger partial charge < -0.3 is 10.3 Å². The summed E-state index contributed by atoms with van der Waals surface area (Å²) in [5, 5.41) is 5.78. The molecular weight excluding hydrogens is 893 g/mol. The van der Waals surface area contributed by atoms with Gasteiger partial charge in [-0.25, -0.2) is 0 Å². The summed E-state index contributed by atoms with van der Waals surface area (Å²) < 4.78 is 0. The maximum absolute atomic E-state index is 3.78. The molecule has 0 saturated heterocycles. The summed E-state index contributed by atoms with van der Waals surface area (Å²) in [7, 11) is 2.00. The van der Waals surface area contributed by atoms with Crippen molar-refractivity contribution in [2.24, 2.45) is 0 Å². The van der Waals surface area contributed by atoms with Crippen molar-refractivity contribution in [3.63, 3.8) is 0 Å². The van der Waals surface area contributed by atoms with Gasteiger partial charge in [0.25, 0.3) is 0 Å². The van der Waals surface area contributed by atoms with Crippen LogP contribution in [0.25, 0.3) is 83.0 Å². The standard InChI is InChI=1S/C41H33N.C16H16.C13H15N.C2H6/c1-3-10-27-11-4-6-13-33(27)36-22-28(18-17-26(36)2)32-24-38(41-39(25-32)35-15-8-9-16-40(35)42-41)31-20-19-30-21-29-12-5-7-14-34(29)37(30)23-31;1-11-8-9-13-12-6-4-5-7-14(12)16(2,3)15(13)10-11;1-14-13-9-7-12(8-10-13)11-5-3-2-4-6-11;1-2/h4-9,11-20,22-25,42H,3,10,21H2,1-2H3;4-10H,1-3H3;2-9,13-14H,10H2,1H3;1-2H3. The van der Waals surface area contributed by atoms with Crippen LogP contribution in [0.3, 0.4) is 0 Å². The van der Waals surface area contributed by atoms with Crippen LogP contribution in [0.1, 0.15) is 92.0 Å². The van der Waals surface area contributed by atoms with Crippen molar-refractivity contribution in [3.8, 4) is 55.6 Å². The first kappa shape index (κ1) is 49.8. The number of aromatic amines is 1. The quantitative estimate of drug-likeness (QED) is 0.164. The van der Waals surface area contributed by atoms with Crippen LogP contribution in [0.2, 0.25) is 0 Å². The highest BCUT2D eigenvalue weighted by molar-refractivity contribution is 6.13. The van der Waals surface area contributed by atoms with Gasteiger partial charge in [-0.15, -0.1) is 0 Å². The molecule has 3 aliphatic carbocycles. The summed E-state index contributed by atoms with van der Waals surface area (Å²) in [4.78, 5) is 3.78. The van der Waals surface area contributed by atoms with E-state index in [1.54, 1.807) is 0 Å². The summed E-state index contributed by atoms with van der Waals surface area (Å²) >= 11 is 0. The number of fused-ring (bicyclic) bond motifs is 9. The Bertz CT molecular complexity index is 3690. The highest BCUT2D eigenvalue weighted by Gasteiger charge is 2.34. The number of H-pyrrole nitrogens is 1. The molecule has 1 atom stereocenters. The first-order valence-electron chi connectivity index (χ1n) is 27.0. The Labute approximate surface area is 440 Å². The van der Waals surface area contributed by atoms with Gasteiger partial charge in [0.2, 0.25) is 0 Å². The Morgan fingerprint density at radius 3 is 1.97 bits per heavy atom. The fourth-order valence-corrected chi connectivity index (χ4v) is 11.5. The lowest BCUT2D eigenvalue weighted by molar-refractivity contribution is 0.660. The molecule has 0 aliphatic heterocycles. The van der Waals surface area contributed by atoms with Crippen LogP contribution in [0.15, 0.2) is 212 Å². The lowest BCUT2D eigenvalue weighted by Crippen LogP contribution is -2.23. The van der Waals surface area contributed by atoms with E-state index >= 15 is 0 Å². The maximum Gasteiger partial charge on any atom is 0.0544 e. The Morgan fingerprint density at radius 2 is 1.19 bits per heavy atom. The van der Waals surface area contributed by atoms with E-state index < -0.39 is 0 Å². The Morgan fingerprint density at radius 1 is 0.527 bits per heavy atom. The molecule has 0 spiro atoms. The van der Waals surface area contributed by atoms with Gasteiger partial charge in [0, 0.05) is 33.3 Å². The smallest absolute Gasteiger partial charge is 0.0544 e. The molecule has 0 saturated carbocycles. The highest BCUT2D eigenvalue weighted by atomic mass is 14.9. The van der Waals surface area contributed by atoms with Gasteiger partial charge in [-0.05, 0) is 165 Å². The van der Waals surface area contributed by atoms with E-state index in [1.165, 1.54) is 128 Å². The number of aryl methyl sites for hydroxylation is 3. The molecule has 74 heavy (non-hydrogen) atoms.